The Bertz CT molecular complexity index is 514. The molecule has 2 unspecified atom stereocenters. The zero-order valence-electron chi connectivity index (χ0n) is 13.8. The number of rotatable bonds is 3. The van der Waals surface area contributed by atoms with Gasteiger partial charge in [-0.05, 0) is 58.8 Å². The lowest BCUT2D eigenvalue weighted by Crippen LogP contribution is -2.37. The topological polar surface area (TPSA) is 31.4 Å². The van der Waals surface area contributed by atoms with Gasteiger partial charge in [0.1, 0.15) is 5.82 Å². The van der Waals surface area contributed by atoms with Gasteiger partial charge in [-0.25, -0.2) is 4.98 Å². The van der Waals surface area contributed by atoms with E-state index in [9.17, 15) is 0 Å². The maximum absolute atomic E-state index is 4.89. The van der Waals surface area contributed by atoms with E-state index in [1.165, 1.54) is 36.2 Å². The summed E-state index contributed by atoms with van der Waals surface area (Å²) in [5, 5.41) is 3.31. The van der Waals surface area contributed by atoms with Crippen LogP contribution in [-0.2, 0) is 6.54 Å². The summed E-state index contributed by atoms with van der Waals surface area (Å²) in [5.41, 5.74) is 3.85. The number of aromatic nitrogens is 1. The fourth-order valence-electron chi connectivity index (χ4n) is 4.00. The van der Waals surface area contributed by atoms with E-state index in [0.29, 0.717) is 6.04 Å². The minimum atomic E-state index is 0.697. The highest BCUT2D eigenvalue weighted by atomic mass is 15.3. The van der Waals surface area contributed by atoms with Crippen LogP contribution in [0.25, 0.3) is 0 Å². The SMILES string of the molecule is CNCc1c(C)cc(C)nc1N1CCC2CCC(C1)N2C. The molecule has 0 aromatic carbocycles. The molecule has 1 aromatic rings. The first kappa shape index (κ1) is 14.8. The van der Waals surface area contributed by atoms with E-state index in [-0.39, 0.29) is 0 Å². The van der Waals surface area contributed by atoms with Gasteiger partial charge in [-0.1, -0.05) is 0 Å². The van der Waals surface area contributed by atoms with Crippen molar-refractivity contribution in [2.75, 3.05) is 32.1 Å². The Morgan fingerprint density at radius 3 is 2.76 bits per heavy atom. The largest absolute Gasteiger partial charge is 0.355 e. The van der Waals surface area contributed by atoms with Gasteiger partial charge < -0.3 is 10.2 Å². The Hall–Kier alpha value is -1.13. The minimum absolute atomic E-state index is 0.697. The van der Waals surface area contributed by atoms with E-state index in [1.54, 1.807) is 0 Å². The van der Waals surface area contributed by atoms with Gasteiger partial charge in [0.25, 0.3) is 0 Å². The van der Waals surface area contributed by atoms with Crippen LogP contribution in [0.4, 0.5) is 5.82 Å². The van der Waals surface area contributed by atoms with Crippen molar-refractivity contribution in [3.8, 4) is 0 Å². The van der Waals surface area contributed by atoms with Gasteiger partial charge >= 0.3 is 0 Å². The summed E-state index contributed by atoms with van der Waals surface area (Å²) in [6.45, 7) is 7.48. The maximum atomic E-state index is 4.89. The standard InChI is InChI=1S/C17H28N4/c1-12-9-13(2)19-17(16(12)10-18-3)21-8-7-14-5-6-15(11-21)20(14)4/h9,14-15,18H,5-8,10-11H2,1-4H3. The Morgan fingerprint density at radius 2 is 2.00 bits per heavy atom. The molecule has 116 valence electrons. The molecule has 1 N–H and O–H groups in total. The fraction of sp³-hybridized carbons (Fsp3) is 0.706. The normalized spacial score (nSPS) is 26.2. The first-order chi connectivity index (χ1) is 10.1. The van der Waals surface area contributed by atoms with Crippen molar-refractivity contribution in [1.29, 1.82) is 0 Å². The molecule has 1 aromatic heterocycles. The average Bonchev–Trinajstić information content (AvgIpc) is 2.67. The lowest BCUT2D eigenvalue weighted by atomic mass is 10.1. The van der Waals surface area contributed by atoms with Gasteiger partial charge in [-0.15, -0.1) is 0 Å². The highest BCUT2D eigenvalue weighted by molar-refractivity contribution is 5.52. The number of pyridine rings is 1. The number of nitrogens with zero attached hydrogens (tertiary/aromatic N) is 3. The molecule has 0 radical (unpaired) electrons. The minimum Gasteiger partial charge on any atom is -0.355 e. The summed E-state index contributed by atoms with van der Waals surface area (Å²) in [7, 11) is 4.32. The molecule has 3 rings (SSSR count). The number of hydrogen-bond donors (Lipinski definition) is 1. The molecule has 4 heteroatoms. The quantitative estimate of drug-likeness (QED) is 0.923. The van der Waals surface area contributed by atoms with Crippen LogP contribution >= 0.6 is 0 Å². The zero-order valence-corrected chi connectivity index (χ0v) is 13.8. The molecule has 3 heterocycles. The van der Waals surface area contributed by atoms with Crippen LogP contribution in [0.2, 0.25) is 0 Å². The average molecular weight is 288 g/mol. The van der Waals surface area contributed by atoms with Crippen LogP contribution in [0.15, 0.2) is 6.07 Å². The molecule has 2 aliphatic rings. The summed E-state index contributed by atoms with van der Waals surface area (Å²) >= 11 is 0. The molecule has 2 saturated heterocycles. The molecule has 2 fully saturated rings. The number of hydrogen-bond acceptors (Lipinski definition) is 4. The van der Waals surface area contributed by atoms with Gasteiger partial charge in [0.05, 0.1) is 0 Å². The Kier molecular flexibility index (Phi) is 4.18. The number of likely N-dealkylation sites (N-methyl/N-ethyl adjacent to an activating group) is 1. The van der Waals surface area contributed by atoms with Crippen molar-refractivity contribution in [2.24, 2.45) is 0 Å². The van der Waals surface area contributed by atoms with E-state index in [1.807, 2.05) is 7.05 Å². The highest BCUT2D eigenvalue weighted by Crippen LogP contribution is 2.32. The van der Waals surface area contributed by atoms with Gasteiger partial charge in [0.2, 0.25) is 0 Å². The maximum Gasteiger partial charge on any atom is 0.133 e. The third-order valence-electron chi connectivity index (χ3n) is 5.26. The third-order valence-corrected chi connectivity index (χ3v) is 5.26. The highest BCUT2D eigenvalue weighted by Gasteiger charge is 2.35. The van der Waals surface area contributed by atoms with Gasteiger partial charge in [0, 0.05) is 43.0 Å². The zero-order chi connectivity index (χ0) is 15.0. The van der Waals surface area contributed by atoms with E-state index in [0.717, 1.165) is 31.4 Å². The molecule has 2 bridgehead atoms. The Balaban J connectivity index is 1.92. The summed E-state index contributed by atoms with van der Waals surface area (Å²) in [4.78, 5) is 10.0. The summed E-state index contributed by atoms with van der Waals surface area (Å²) in [6, 6.07) is 3.67. The summed E-state index contributed by atoms with van der Waals surface area (Å²) < 4.78 is 0. The van der Waals surface area contributed by atoms with E-state index < -0.39 is 0 Å². The molecule has 2 atom stereocenters. The molecule has 21 heavy (non-hydrogen) atoms. The number of nitrogens with one attached hydrogen (secondary N) is 1. The second kappa shape index (κ2) is 5.93. The molecule has 0 spiro atoms. The second-order valence-electron chi connectivity index (χ2n) is 6.70. The lowest BCUT2D eigenvalue weighted by molar-refractivity contribution is 0.254. The number of aryl methyl sites for hydroxylation is 2. The molecule has 0 amide bonds. The van der Waals surface area contributed by atoms with Crippen LogP contribution in [0.5, 0.6) is 0 Å². The van der Waals surface area contributed by atoms with Gasteiger partial charge in [-0.2, -0.15) is 0 Å². The molecule has 2 aliphatic heterocycles. The second-order valence-corrected chi connectivity index (χ2v) is 6.70. The van der Waals surface area contributed by atoms with E-state index in [4.69, 9.17) is 4.98 Å². The third kappa shape index (κ3) is 2.79. The predicted octanol–water partition coefficient (Wildman–Crippen LogP) is 2.09. The van der Waals surface area contributed by atoms with Crippen LogP contribution in [0.3, 0.4) is 0 Å². The van der Waals surface area contributed by atoms with Crippen molar-refractivity contribution in [3.63, 3.8) is 0 Å². The predicted molar refractivity (Wildman–Crippen MR) is 87.9 cm³/mol. The van der Waals surface area contributed by atoms with Crippen LogP contribution < -0.4 is 10.2 Å². The van der Waals surface area contributed by atoms with Crippen LogP contribution in [0, 0.1) is 13.8 Å². The monoisotopic (exact) mass is 288 g/mol. The molecule has 0 saturated carbocycles. The molecule has 0 aliphatic carbocycles. The number of fused-ring (bicyclic) bond motifs is 2. The van der Waals surface area contributed by atoms with Crippen molar-refractivity contribution in [1.82, 2.24) is 15.2 Å². The summed E-state index contributed by atoms with van der Waals surface area (Å²) in [5.74, 6) is 1.21. The molecule has 4 nitrogen and oxygen atoms in total. The van der Waals surface area contributed by atoms with Crippen LogP contribution in [0.1, 0.15) is 36.1 Å². The van der Waals surface area contributed by atoms with Gasteiger partial charge in [-0.3, -0.25) is 4.90 Å². The molecular weight excluding hydrogens is 260 g/mol. The molecular formula is C17H28N4. The van der Waals surface area contributed by atoms with Crippen molar-refractivity contribution >= 4 is 5.82 Å². The van der Waals surface area contributed by atoms with E-state index >= 15 is 0 Å². The fourth-order valence-corrected chi connectivity index (χ4v) is 4.00. The van der Waals surface area contributed by atoms with Crippen molar-refractivity contribution < 1.29 is 0 Å². The number of anilines is 1. The van der Waals surface area contributed by atoms with Crippen molar-refractivity contribution in [3.05, 3.63) is 22.9 Å². The van der Waals surface area contributed by atoms with Crippen LogP contribution in [-0.4, -0.2) is 49.2 Å². The van der Waals surface area contributed by atoms with E-state index in [2.05, 4.69) is 42.1 Å². The Morgan fingerprint density at radius 1 is 1.24 bits per heavy atom. The van der Waals surface area contributed by atoms with Crippen molar-refractivity contribution in [2.45, 2.75) is 51.7 Å². The first-order valence-corrected chi connectivity index (χ1v) is 8.18. The lowest BCUT2D eigenvalue weighted by Gasteiger charge is -2.29. The smallest absolute Gasteiger partial charge is 0.133 e. The first-order valence-electron chi connectivity index (χ1n) is 8.18. The van der Waals surface area contributed by atoms with Gasteiger partial charge in [0.15, 0.2) is 0 Å². The Labute approximate surface area is 128 Å². The summed E-state index contributed by atoms with van der Waals surface area (Å²) in [6.07, 6.45) is 3.98.